The van der Waals surface area contributed by atoms with E-state index in [1.165, 1.54) is 0 Å². The van der Waals surface area contributed by atoms with Gasteiger partial charge in [-0.15, -0.1) is 0 Å². The summed E-state index contributed by atoms with van der Waals surface area (Å²) in [5, 5.41) is 53.2. The molecule has 9 heteroatoms. The second kappa shape index (κ2) is 7.95. The summed E-state index contributed by atoms with van der Waals surface area (Å²) in [4.78, 5) is 27.5. The number of nitrogens with zero attached hydrogens (tertiary/aromatic N) is 1. The van der Waals surface area contributed by atoms with Crippen LogP contribution in [0.4, 0.5) is 0 Å². The topological polar surface area (TPSA) is 168 Å². The number of nitrogens with two attached hydrogens (primary N) is 1. The normalized spacial score (nSPS) is 28.7. The minimum atomic E-state index is -2.46. The maximum Gasteiger partial charge on any atom is 0.254 e. The Morgan fingerprint density at radius 3 is 2.35 bits per heavy atom. The lowest BCUT2D eigenvalue weighted by molar-refractivity contribution is -0.138. The van der Waals surface area contributed by atoms with Crippen LogP contribution < -0.4 is 5.73 Å². The molecule has 9 nitrogen and oxygen atoms in total. The van der Waals surface area contributed by atoms with Crippen LogP contribution in [-0.2, 0) is 28.9 Å². The van der Waals surface area contributed by atoms with Crippen molar-refractivity contribution in [1.82, 2.24) is 4.90 Å². The third-order valence-corrected chi connectivity index (χ3v) is 7.71. The molecule has 1 saturated carbocycles. The molecule has 3 aliphatic rings. The van der Waals surface area contributed by atoms with E-state index in [1.54, 1.807) is 19.0 Å². The summed E-state index contributed by atoms with van der Waals surface area (Å²) in [7, 11) is 3.27. The molecule has 0 bridgehead atoms. The smallest absolute Gasteiger partial charge is 0.254 e. The standard InChI is InChI=1S/C25H31N3O6/c1-5-10-7-11(6-2)19(29)16-13(10)8-12-9-14-18(28(3)4)21(31)17(24(27)33)22(26)25(14,34)23(32)15(12)20(16)30/h7,12,14,18,26,29-31,34H,5-6,8-9H2,1-4H3,(H2,27,33)/t12-,14-,18-,25+/m0/s1. The molecule has 1 aromatic rings. The van der Waals surface area contributed by atoms with E-state index in [-0.39, 0.29) is 23.3 Å². The van der Waals surface area contributed by atoms with Gasteiger partial charge in [-0.25, -0.2) is 0 Å². The van der Waals surface area contributed by atoms with Crippen LogP contribution in [0.25, 0.3) is 5.76 Å². The molecule has 0 unspecified atom stereocenters. The van der Waals surface area contributed by atoms with Gasteiger partial charge in [-0.2, -0.15) is 0 Å². The molecule has 0 radical (unpaired) electrons. The van der Waals surface area contributed by atoms with E-state index in [1.807, 2.05) is 19.9 Å². The predicted molar refractivity (Wildman–Crippen MR) is 126 cm³/mol. The molecule has 0 heterocycles. The molecule has 0 spiro atoms. The third-order valence-electron chi connectivity index (χ3n) is 7.71. The van der Waals surface area contributed by atoms with Gasteiger partial charge in [0, 0.05) is 11.5 Å². The fraction of sp³-hybridized carbons (Fsp3) is 0.480. The van der Waals surface area contributed by atoms with Crippen molar-refractivity contribution in [3.63, 3.8) is 0 Å². The van der Waals surface area contributed by atoms with E-state index < -0.39 is 58.0 Å². The second-order valence-electron chi connectivity index (χ2n) is 9.61. The Morgan fingerprint density at radius 2 is 1.82 bits per heavy atom. The van der Waals surface area contributed by atoms with E-state index in [4.69, 9.17) is 11.1 Å². The highest BCUT2D eigenvalue weighted by Crippen LogP contribution is 2.52. The lowest BCUT2D eigenvalue weighted by atomic mass is 9.56. The van der Waals surface area contributed by atoms with Crippen molar-refractivity contribution >= 4 is 23.2 Å². The zero-order valence-electron chi connectivity index (χ0n) is 19.8. The van der Waals surface area contributed by atoms with Crippen molar-refractivity contribution in [1.29, 1.82) is 5.41 Å². The minimum Gasteiger partial charge on any atom is -0.510 e. The molecule has 1 aromatic carbocycles. The van der Waals surface area contributed by atoms with Crippen LogP contribution >= 0.6 is 0 Å². The van der Waals surface area contributed by atoms with Gasteiger partial charge in [-0.3, -0.25) is 14.5 Å². The number of phenols is 1. The monoisotopic (exact) mass is 469 g/mol. The molecule has 7 N–H and O–H groups in total. The Bertz CT molecular complexity index is 1200. The van der Waals surface area contributed by atoms with Crippen molar-refractivity contribution in [3.05, 3.63) is 45.2 Å². The van der Waals surface area contributed by atoms with Gasteiger partial charge in [0.2, 0.25) is 5.78 Å². The third kappa shape index (κ3) is 2.96. The number of hydrogen-bond acceptors (Lipinski definition) is 8. The maximum atomic E-state index is 13.8. The Kier molecular flexibility index (Phi) is 5.61. The van der Waals surface area contributed by atoms with Gasteiger partial charge in [-0.05, 0) is 62.4 Å². The number of amides is 1. The van der Waals surface area contributed by atoms with Crippen LogP contribution in [0.2, 0.25) is 0 Å². The number of aliphatic hydroxyl groups excluding tert-OH is 2. The Labute approximate surface area is 197 Å². The molecule has 0 aliphatic heterocycles. The van der Waals surface area contributed by atoms with Crippen LogP contribution in [0.3, 0.4) is 0 Å². The van der Waals surface area contributed by atoms with Gasteiger partial charge >= 0.3 is 0 Å². The summed E-state index contributed by atoms with van der Waals surface area (Å²) < 4.78 is 0. The number of likely N-dealkylation sites (N-methyl/N-ethyl adjacent to an activating group) is 1. The fourth-order valence-electron chi connectivity index (χ4n) is 6.09. The number of aromatic hydroxyl groups is 1. The van der Waals surface area contributed by atoms with E-state index in [0.29, 0.717) is 24.8 Å². The van der Waals surface area contributed by atoms with Gasteiger partial charge in [0.1, 0.15) is 22.8 Å². The molecular formula is C25H31N3O6. The fourth-order valence-corrected chi connectivity index (χ4v) is 6.09. The highest BCUT2D eigenvalue weighted by molar-refractivity contribution is 6.33. The lowest BCUT2D eigenvalue weighted by Crippen LogP contribution is -2.67. The zero-order chi connectivity index (χ0) is 25.3. The number of fused-ring (bicyclic) bond motifs is 3. The summed E-state index contributed by atoms with van der Waals surface area (Å²) in [6.07, 6.45) is 1.72. The number of Topliss-reactive ketones (excluding diaryl/α,β-unsaturated/α-hetero) is 1. The first-order valence-corrected chi connectivity index (χ1v) is 11.5. The quantitative estimate of drug-likeness (QED) is 0.389. The number of phenolic OH excluding ortho intramolecular Hbond substituents is 1. The van der Waals surface area contributed by atoms with Crippen molar-refractivity contribution in [2.45, 2.75) is 51.2 Å². The zero-order valence-corrected chi connectivity index (χ0v) is 19.8. The van der Waals surface area contributed by atoms with Crippen LogP contribution in [0.1, 0.15) is 42.5 Å². The molecule has 4 rings (SSSR count). The van der Waals surface area contributed by atoms with Crippen LogP contribution in [0.5, 0.6) is 5.75 Å². The Balaban J connectivity index is 1.98. The van der Waals surface area contributed by atoms with E-state index >= 15 is 0 Å². The van der Waals surface area contributed by atoms with Crippen LogP contribution in [-0.4, -0.2) is 68.5 Å². The highest BCUT2D eigenvalue weighted by atomic mass is 16.3. The molecular weight excluding hydrogens is 438 g/mol. The first kappa shape index (κ1) is 24.0. The second-order valence-corrected chi connectivity index (χ2v) is 9.61. The largest absolute Gasteiger partial charge is 0.510 e. The summed E-state index contributed by atoms with van der Waals surface area (Å²) >= 11 is 0. The van der Waals surface area contributed by atoms with Gasteiger partial charge in [0.15, 0.2) is 5.60 Å². The SMILES string of the molecule is CCc1cc(CC)c2c(c1O)C(O)=C1C(=O)[C@]3(O)C(=N)C(C(N)=O)=C(O)[C@@H](N(C)C)[C@@H]3C[C@@H]1C2. The molecule has 1 fully saturated rings. The van der Waals surface area contributed by atoms with E-state index in [0.717, 1.165) is 11.1 Å². The van der Waals surface area contributed by atoms with Crippen molar-refractivity contribution in [2.75, 3.05) is 14.1 Å². The number of benzene rings is 1. The van der Waals surface area contributed by atoms with Crippen LogP contribution in [0, 0.1) is 17.2 Å². The average molecular weight is 470 g/mol. The average Bonchev–Trinajstić information content (AvgIpc) is 2.76. The highest BCUT2D eigenvalue weighted by Gasteiger charge is 2.63. The van der Waals surface area contributed by atoms with E-state index in [2.05, 4.69) is 0 Å². The lowest BCUT2D eigenvalue weighted by Gasteiger charge is -2.51. The number of hydrogen-bond donors (Lipinski definition) is 6. The number of ketones is 1. The number of rotatable bonds is 4. The molecule has 182 valence electrons. The summed E-state index contributed by atoms with van der Waals surface area (Å²) in [6, 6.07) is 0.984. The molecule has 1 amide bonds. The van der Waals surface area contributed by atoms with Gasteiger partial charge in [-0.1, -0.05) is 19.9 Å². The summed E-state index contributed by atoms with van der Waals surface area (Å²) in [5.41, 5.74) is 4.07. The Morgan fingerprint density at radius 1 is 1.21 bits per heavy atom. The maximum absolute atomic E-state index is 13.8. The predicted octanol–water partition coefficient (Wildman–Crippen LogP) is 1.54. The van der Waals surface area contributed by atoms with Gasteiger partial charge < -0.3 is 31.6 Å². The number of aryl methyl sites for hydroxylation is 2. The van der Waals surface area contributed by atoms with Crippen molar-refractivity contribution in [2.24, 2.45) is 17.6 Å². The number of nitrogens with one attached hydrogen (secondary N) is 1. The summed E-state index contributed by atoms with van der Waals surface area (Å²) in [5.74, 6) is -4.42. The van der Waals surface area contributed by atoms with Crippen LogP contribution in [0.15, 0.2) is 23.0 Å². The number of aliphatic hydroxyl groups is 3. The van der Waals surface area contributed by atoms with Gasteiger partial charge in [0.25, 0.3) is 5.91 Å². The van der Waals surface area contributed by atoms with Crippen molar-refractivity contribution in [3.8, 4) is 5.75 Å². The molecule has 4 atom stereocenters. The number of carbonyl (C=O) groups excluding carboxylic acids is 2. The molecule has 0 aromatic heterocycles. The number of carbonyl (C=O) groups is 2. The van der Waals surface area contributed by atoms with Crippen molar-refractivity contribution < 1.29 is 30.0 Å². The minimum absolute atomic E-state index is 0.0654. The molecule has 0 saturated heterocycles. The van der Waals surface area contributed by atoms with Gasteiger partial charge in [0.05, 0.1) is 17.3 Å². The first-order chi connectivity index (χ1) is 15.9. The summed E-state index contributed by atoms with van der Waals surface area (Å²) in [6.45, 7) is 3.86. The number of primary amides is 1. The first-order valence-electron chi connectivity index (χ1n) is 11.5. The molecule has 34 heavy (non-hydrogen) atoms. The Hall–Kier alpha value is -3.17. The molecule has 3 aliphatic carbocycles. The van der Waals surface area contributed by atoms with E-state index in [9.17, 15) is 30.0 Å².